The van der Waals surface area contributed by atoms with Crippen LogP contribution in [0.4, 0.5) is 10.2 Å². The molecule has 0 bridgehead atoms. The zero-order valence-corrected chi connectivity index (χ0v) is 15.2. The van der Waals surface area contributed by atoms with Crippen LogP contribution in [0.25, 0.3) is 22.0 Å². The number of aryl methyl sites for hydroxylation is 1. The summed E-state index contributed by atoms with van der Waals surface area (Å²) in [6.07, 6.45) is 0. The summed E-state index contributed by atoms with van der Waals surface area (Å²) in [7, 11) is 0. The van der Waals surface area contributed by atoms with Crippen LogP contribution in [0.5, 0.6) is 5.75 Å². The largest absolute Gasteiger partial charge is 0.508 e. The van der Waals surface area contributed by atoms with E-state index in [0.29, 0.717) is 23.4 Å². The van der Waals surface area contributed by atoms with Crippen molar-refractivity contribution in [3.8, 4) is 16.9 Å². The van der Waals surface area contributed by atoms with E-state index in [9.17, 15) is 14.6 Å². The van der Waals surface area contributed by atoms with Crippen molar-refractivity contribution in [1.82, 2.24) is 4.98 Å². The summed E-state index contributed by atoms with van der Waals surface area (Å²) in [5, 5.41) is 23.1. The molecule has 2 aromatic carbocycles. The predicted molar refractivity (Wildman–Crippen MR) is 103 cm³/mol. The van der Waals surface area contributed by atoms with Gasteiger partial charge in [-0.3, -0.25) is 0 Å². The van der Waals surface area contributed by atoms with Gasteiger partial charge in [0.1, 0.15) is 17.4 Å². The minimum atomic E-state index is -0.241. The fourth-order valence-corrected chi connectivity index (χ4v) is 3.25. The van der Waals surface area contributed by atoms with Gasteiger partial charge in [0.2, 0.25) is 0 Å². The molecule has 0 aliphatic heterocycles. The summed E-state index contributed by atoms with van der Waals surface area (Å²) < 4.78 is 13.8. The summed E-state index contributed by atoms with van der Waals surface area (Å²) in [5.74, 6) is 0.720. The number of fused-ring (bicyclic) bond motifs is 1. The fraction of sp³-hybridized carbons (Fsp3) is 0.286. The zero-order chi connectivity index (χ0) is 18.8. The van der Waals surface area contributed by atoms with Crippen LogP contribution in [-0.2, 0) is 0 Å². The highest BCUT2D eigenvalue weighted by Gasteiger charge is 2.20. The third-order valence-corrected chi connectivity index (χ3v) is 4.44. The maximum Gasteiger partial charge on any atom is 0.130 e. The fourth-order valence-electron chi connectivity index (χ4n) is 3.25. The molecule has 0 radical (unpaired) electrons. The van der Waals surface area contributed by atoms with Crippen LogP contribution in [0.3, 0.4) is 0 Å². The van der Waals surface area contributed by atoms with Gasteiger partial charge in [-0.25, -0.2) is 9.37 Å². The number of hydrogen-bond donors (Lipinski definition) is 3. The van der Waals surface area contributed by atoms with E-state index in [0.717, 1.165) is 22.1 Å². The van der Waals surface area contributed by atoms with Crippen LogP contribution in [0, 0.1) is 12.7 Å². The number of phenols is 1. The van der Waals surface area contributed by atoms with Gasteiger partial charge < -0.3 is 15.5 Å². The number of anilines is 1. The molecule has 3 aromatic rings. The molecule has 0 saturated carbocycles. The van der Waals surface area contributed by atoms with Crippen molar-refractivity contribution >= 4 is 16.7 Å². The molecule has 0 saturated heterocycles. The molecule has 0 spiro atoms. The Hall–Kier alpha value is -2.66. The number of nitrogens with zero attached hydrogens (tertiary/aromatic N) is 1. The smallest absolute Gasteiger partial charge is 0.130 e. The van der Waals surface area contributed by atoms with Gasteiger partial charge in [0.05, 0.1) is 12.1 Å². The quantitative estimate of drug-likeness (QED) is 0.627. The molecule has 136 valence electrons. The number of halogens is 1. The summed E-state index contributed by atoms with van der Waals surface area (Å²) in [6.45, 7) is 6.26. The first-order valence-electron chi connectivity index (χ1n) is 8.70. The van der Waals surface area contributed by atoms with E-state index in [1.54, 1.807) is 25.1 Å². The van der Waals surface area contributed by atoms with Crippen LogP contribution in [0.15, 0.2) is 36.4 Å². The molecule has 0 atom stereocenters. The van der Waals surface area contributed by atoms with Crippen molar-refractivity contribution in [2.45, 2.75) is 26.7 Å². The highest BCUT2D eigenvalue weighted by molar-refractivity contribution is 5.99. The Balaban J connectivity index is 2.38. The lowest BCUT2D eigenvalue weighted by Crippen LogP contribution is -2.11. The van der Waals surface area contributed by atoms with Gasteiger partial charge >= 0.3 is 0 Å². The highest BCUT2D eigenvalue weighted by Crippen LogP contribution is 2.40. The van der Waals surface area contributed by atoms with Crippen LogP contribution in [-0.4, -0.2) is 28.3 Å². The van der Waals surface area contributed by atoms with Gasteiger partial charge in [-0.15, -0.1) is 0 Å². The SMILES string of the molecule is Cc1cc(-c2c(C(C)C)c(NCCO)nc3cc(O)ccc23)ccc1F. The number of aromatic hydroxyl groups is 1. The Morgan fingerprint density at radius 2 is 1.92 bits per heavy atom. The third kappa shape index (κ3) is 3.35. The van der Waals surface area contributed by atoms with Crippen molar-refractivity contribution in [1.29, 1.82) is 0 Å². The van der Waals surface area contributed by atoms with Gasteiger partial charge in [-0.2, -0.15) is 0 Å². The summed E-state index contributed by atoms with van der Waals surface area (Å²) in [6, 6.07) is 10.2. The average Bonchev–Trinajstić information content (AvgIpc) is 2.60. The van der Waals surface area contributed by atoms with Crippen molar-refractivity contribution < 1.29 is 14.6 Å². The van der Waals surface area contributed by atoms with Crippen molar-refractivity contribution in [2.75, 3.05) is 18.5 Å². The Kier molecular flexibility index (Phi) is 5.09. The molecule has 1 heterocycles. The monoisotopic (exact) mass is 354 g/mol. The Morgan fingerprint density at radius 1 is 1.15 bits per heavy atom. The van der Waals surface area contributed by atoms with Gasteiger partial charge in [0.25, 0.3) is 0 Å². The van der Waals surface area contributed by atoms with Gasteiger partial charge in [-0.05, 0) is 53.8 Å². The third-order valence-electron chi connectivity index (χ3n) is 4.44. The Morgan fingerprint density at radius 3 is 2.58 bits per heavy atom. The maximum atomic E-state index is 13.8. The number of aromatic nitrogens is 1. The van der Waals surface area contributed by atoms with Crippen LogP contribution >= 0.6 is 0 Å². The Labute approximate surface area is 152 Å². The molecule has 0 unspecified atom stereocenters. The lowest BCUT2D eigenvalue weighted by molar-refractivity contribution is 0.311. The van der Waals surface area contributed by atoms with Crippen LogP contribution in [0.1, 0.15) is 30.9 Å². The van der Waals surface area contributed by atoms with Crippen LogP contribution < -0.4 is 5.32 Å². The standard InChI is InChI=1S/C21H23FN2O2/c1-12(2)19-20(14-4-7-17(22)13(3)10-14)16-6-5-15(26)11-18(16)24-21(19)23-8-9-25/h4-7,10-12,25-26H,8-9H2,1-3H3,(H,23,24). The number of pyridine rings is 1. The number of aliphatic hydroxyl groups is 1. The number of hydrogen-bond acceptors (Lipinski definition) is 4. The van der Waals surface area contributed by atoms with E-state index in [2.05, 4.69) is 24.1 Å². The first-order chi connectivity index (χ1) is 12.4. The van der Waals surface area contributed by atoms with E-state index in [4.69, 9.17) is 0 Å². The minimum absolute atomic E-state index is 0.0116. The maximum absolute atomic E-state index is 13.8. The number of nitrogens with one attached hydrogen (secondary N) is 1. The number of benzene rings is 2. The second-order valence-corrected chi connectivity index (χ2v) is 6.72. The first-order valence-corrected chi connectivity index (χ1v) is 8.70. The van der Waals surface area contributed by atoms with Gasteiger partial charge in [0, 0.05) is 23.6 Å². The zero-order valence-electron chi connectivity index (χ0n) is 15.2. The predicted octanol–water partition coefficient (Wildman–Crippen LogP) is 4.58. The van der Waals surface area contributed by atoms with E-state index in [1.807, 2.05) is 12.1 Å². The highest BCUT2D eigenvalue weighted by atomic mass is 19.1. The molecule has 26 heavy (non-hydrogen) atoms. The molecular formula is C21H23FN2O2. The second-order valence-electron chi connectivity index (χ2n) is 6.72. The lowest BCUT2D eigenvalue weighted by atomic mass is 9.89. The molecule has 0 aliphatic rings. The number of rotatable bonds is 5. The van der Waals surface area contributed by atoms with E-state index < -0.39 is 0 Å². The molecule has 0 fully saturated rings. The Bertz CT molecular complexity index is 954. The minimum Gasteiger partial charge on any atom is -0.508 e. The first kappa shape index (κ1) is 18.1. The average molecular weight is 354 g/mol. The number of aliphatic hydroxyl groups excluding tert-OH is 1. The normalized spacial score (nSPS) is 11.3. The van der Waals surface area contributed by atoms with Gasteiger partial charge in [-0.1, -0.05) is 19.9 Å². The number of phenolic OH excluding ortho intramolecular Hbond substituents is 1. The molecule has 0 aliphatic carbocycles. The molecule has 4 nitrogen and oxygen atoms in total. The van der Waals surface area contributed by atoms with E-state index >= 15 is 0 Å². The molecule has 3 N–H and O–H groups in total. The summed E-state index contributed by atoms with van der Waals surface area (Å²) >= 11 is 0. The lowest BCUT2D eigenvalue weighted by Gasteiger charge is -2.21. The molecule has 5 heteroatoms. The summed E-state index contributed by atoms with van der Waals surface area (Å²) in [4.78, 5) is 4.66. The summed E-state index contributed by atoms with van der Waals surface area (Å²) in [5.41, 5.74) is 4.09. The second kappa shape index (κ2) is 7.30. The van der Waals surface area contributed by atoms with Gasteiger partial charge in [0.15, 0.2) is 0 Å². The van der Waals surface area contributed by atoms with Crippen LogP contribution in [0.2, 0.25) is 0 Å². The van der Waals surface area contributed by atoms with E-state index in [-0.39, 0.29) is 24.1 Å². The topological polar surface area (TPSA) is 65.4 Å². The van der Waals surface area contributed by atoms with Crippen molar-refractivity contribution in [2.24, 2.45) is 0 Å². The molecular weight excluding hydrogens is 331 g/mol. The molecule has 3 rings (SSSR count). The van der Waals surface area contributed by atoms with Crippen molar-refractivity contribution in [3.63, 3.8) is 0 Å². The molecule has 0 amide bonds. The van der Waals surface area contributed by atoms with Crippen molar-refractivity contribution in [3.05, 3.63) is 53.3 Å². The van der Waals surface area contributed by atoms with E-state index in [1.165, 1.54) is 6.07 Å². The molecule has 1 aromatic heterocycles.